The summed E-state index contributed by atoms with van der Waals surface area (Å²) >= 11 is 1.61. The molecule has 24 heavy (non-hydrogen) atoms. The molecule has 1 N–H and O–H groups in total. The summed E-state index contributed by atoms with van der Waals surface area (Å²) in [7, 11) is 0. The lowest BCUT2D eigenvalue weighted by Crippen LogP contribution is -2.28. The minimum absolute atomic E-state index is 0.00615. The van der Waals surface area contributed by atoms with E-state index >= 15 is 0 Å². The molecule has 0 bridgehead atoms. The van der Waals surface area contributed by atoms with Crippen molar-refractivity contribution >= 4 is 23.0 Å². The monoisotopic (exact) mass is 348 g/mol. The van der Waals surface area contributed by atoms with Crippen molar-refractivity contribution in [2.45, 2.75) is 53.5 Å². The molecule has 130 valence electrons. The first-order valence-corrected chi connectivity index (χ1v) is 8.92. The normalized spacial score (nSPS) is 12.2. The zero-order valence-corrected chi connectivity index (χ0v) is 15.7. The fourth-order valence-electron chi connectivity index (χ4n) is 2.85. The van der Waals surface area contributed by atoms with Crippen LogP contribution in [0.5, 0.6) is 0 Å². The van der Waals surface area contributed by atoms with Gasteiger partial charge < -0.3 is 5.32 Å². The predicted molar refractivity (Wildman–Crippen MR) is 94.6 cm³/mol. The van der Waals surface area contributed by atoms with E-state index in [0.29, 0.717) is 24.2 Å². The summed E-state index contributed by atoms with van der Waals surface area (Å²) in [5.74, 6) is -0.0145. The molecule has 0 aromatic carbocycles. The van der Waals surface area contributed by atoms with Crippen LogP contribution in [0.4, 0.5) is 0 Å². The van der Waals surface area contributed by atoms with Crippen molar-refractivity contribution in [1.82, 2.24) is 20.1 Å². The summed E-state index contributed by atoms with van der Waals surface area (Å²) in [6, 6.07) is -0.0982. The van der Waals surface area contributed by atoms with Gasteiger partial charge in [0.05, 0.1) is 22.3 Å². The molecule has 1 amide bonds. The number of Topliss-reactive ketones (excluding diaryl/α,β-unsaturated/α-hetero) is 1. The van der Waals surface area contributed by atoms with E-state index in [1.54, 1.807) is 22.9 Å². The molecule has 7 heteroatoms. The molecule has 0 radical (unpaired) electrons. The molecule has 0 saturated heterocycles. The van der Waals surface area contributed by atoms with Gasteiger partial charge in [-0.15, -0.1) is 11.3 Å². The van der Waals surface area contributed by atoms with Gasteiger partial charge >= 0.3 is 0 Å². The maximum Gasteiger partial charge on any atom is 0.222 e. The maximum atomic E-state index is 12.1. The molecular formula is C17H24N4O2S. The van der Waals surface area contributed by atoms with Gasteiger partial charge in [-0.3, -0.25) is 14.3 Å². The number of hydrogen-bond donors (Lipinski definition) is 1. The number of carbonyl (C=O) groups excluding carboxylic acids is 2. The average Bonchev–Trinajstić information content (AvgIpc) is 3.02. The Morgan fingerprint density at radius 1 is 1.33 bits per heavy atom. The first-order valence-electron chi connectivity index (χ1n) is 8.04. The van der Waals surface area contributed by atoms with Crippen LogP contribution in [0.3, 0.4) is 0 Å². The van der Waals surface area contributed by atoms with Crippen molar-refractivity contribution in [1.29, 1.82) is 0 Å². The molecule has 2 rings (SSSR count). The van der Waals surface area contributed by atoms with Gasteiger partial charge in [-0.05, 0) is 34.6 Å². The van der Waals surface area contributed by atoms with Crippen LogP contribution in [0.2, 0.25) is 0 Å². The highest BCUT2D eigenvalue weighted by Crippen LogP contribution is 2.19. The SMILES string of the molecule is CC(=O)c1c(C)nn([C@@H](C)CC(=O)NCCc2nc(C)cs2)c1C. The number of aryl methyl sites for hydroxylation is 2. The van der Waals surface area contributed by atoms with Gasteiger partial charge in [0.2, 0.25) is 5.91 Å². The van der Waals surface area contributed by atoms with Crippen LogP contribution in [0, 0.1) is 20.8 Å². The second kappa shape index (κ2) is 7.70. The van der Waals surface area contributed by atoms with Crippen LogP contribution < -0.4 is 5.32 Å². The molecule has 0 spiro atoms. The van der Waals surface area contributed by atoms with Crippen LogP contribution in [0.1, 0.15) is 58.8 Å². The zero-order chi connectivity index (χ0) is 17.9. The fraction of sp³-hybridized carbons (Fsp3) is 0.529. The highest BCUT2D eigenvalue weighted by Gasteiger charge is 2.20. The Bertz CT molecular complexity index is 748. The van der Waals surface area contributed by atoms with E-state index < -0.39 is 0 Å². The quantitative estimate of drug-likeness (QED) is 0.781. The molecule has 0 aliphatic carbocycles. The molecule has 0 fully saturated rings. The highest BCUT2D eigenvalue weighted by atomic mass is 32.1. The lowest BCUT2D eigenvalue weighted by atomic mass is 10.1. The van der Waals surface area contributed by atoms with Gasteiger partial charge in [0.15, 0.2) is 5.78 Å². The molecule has 2 heterocycles. The van der Waals surface area contributed by atoms with Crippen molar-refractivity contribution in [3.05, 3.63) is 33.0 Å². The van der Waals surface area contributed by atoms with Crippen molar-refractivity contribution in [3.63, 3.8) is 0 Å². The first-order chi connectivity index (χ1) is 11.3. The number of nitrogens with one attached hydrogen (secondary N) is 1. The summed E-state index contributed by atoms with van der Waals surface area (Å²) in [5.41, 5.74) is 3.20. The molecule has 2 aromatic heterocycles. The standard InChI is InChI=1S/C17H24N4O2S/c1-10-9-24-16(19-10)6-7-18-15(23)8-11(2)21-13(4)17(14(5)22)12(3)20-21/h9,11H,6-8H2,1-5H3,(H,18,23)/t11-/m0/s1. The Kier molecular flexibility index (Phi) is 5.88. The average molecular weight is 348 g/mol. The molecule has 6 nitrogen and oxygen atoms in total. The number of hydrogen-bond acceptors (Lipinski definition) is 5. The van der Waals surface area contributed by atoms with Crippen LogP contribution in [0.15, 0.2) is 5.38 Å². The minimum Gasteiger partial charge on any atom is -0.356 e. The van der Waals surface area contributed by atoms with Gasteiger partial charge in [-0.25, -0.2) is 4.98 Å². The van der Waals surface area contributed by atoms with Gasteiger partial charge in [0, 0.05) is 36.2 Å². The molecule has 0 saturated carbocycles. The lowest BCUT2D eigenvalue weighted by Gasteiger charge is -2.14. The van der Waals surface area contributed by atoms with E-state index in [-0.39, 0.29) is 17.7 Å². The van der Waals surface area contributed by atoms with Crippen molar-refractivity contribution in [2.75, 3.05) is 6.54 Å². The minimum atomic E-state index is -0.0982. The van der Waals surface area contributed by atoms with Gasteiger partial charge in [-0.2, -0.15) is 5.10 Å². The topological polar surface area (TPSA) is 76.9 Å². The number of nitrogens with zero attached hydrogens (tertiary/aromatic N) is 3. The summed E-state index contributed by atoms with van der Waals surface area (Å²) in [4.78, 5) is 28.2. The van der Waals surface area contributed by atoms with E-state index in [0.717, 1.165) is 22.8 Å². The predicted octanol–water partition coefficient (Wildman–Crippen LogP) is 2.78. The van der Waals surface area contributed by atoms with E-state index in [4.69, 9.17) is 0 Å². The highest BCUT2D eigenvalue weighted by molar-refractivity contribution is 7.09. The maximum absolute atomic E-state index is 12.1. The number of amides is 1. The summed E-state index contributed by atoms with van der Waals surface area (Å²) in [5, 5.41) is 10.4. The Hall–Kier alpha value is -2.02. The lowest BCUT2D eigenvalue weighted by molar-refractivity contribution is -0.121. The molecule has 2 aromatic rings. The Labute approximate surface area is 146 Å². The zero-order valence-electron chi connectivity index (χ0n) is 14.8. The largest absolute Gasteiger partial charge is 0.356 e. The second-order valence-corrected chi connectivity index (χ2v) is 7.02. The number of thiazole rings is 1. The Morgan fingerprint density at radius 2 is 2.04 bits per heavy atom. The molecule has 0 aliphatic rings. The second-order valence-electron chi connectivity index (χ2n) is 6.08. The van der Waals surface area contributed by atoms with Crippen LogP contribution in [-0.4, -0.2) is 33.0 Å². The van der Waals surface area contributed by atoms with E-state index in [1.165, 1.54) is 0 Å². The third kappa shape index (κ3) is 4.29. The summed E-state index contributed by atoms with van der Waals surface area (Å²) < 4.78 is 1.77. The van der Waals surface area contributed by atoms with Gasteiger partial charge in [-0.1, -0.05) is 0 Å². The van der Waals surface area contributed by atoms with Crippen LogP contribution >= 0.6 is 11.3 Å². The number of aromatic nitrogens is 3. The third-order valence-corrected chi connectivity index (χ3v) is 4.93. The number of rotatable bonds is 7. The van der Waals surface area contributed by atoms with Gasteiger partial charge in [0.25, 0.3) is 0 Å². The summed E-state index contributed by atoms with van der Waals surface area (Å²) in [6.45, 7) is 9.71. The van der Waals surface area contributed by atoms with Crippen molar-refractivity contribution in [2.24, 2.45) is 0 Å². The molecular weight excluding hydrogens is 324 g/mol. The molecule has 0 unspecified atom stereocenters. The molecule has 1 atom stereocenters. The van der Waals surface area contributed by atoms with E-state index in [2.05, 4.69) is 15.4 Å². The van der Waals surface area contributed by atoms with E-state index in [1.807, 2.05) is 33.1 Å². The summed E-state index contributed by atoms with van der Waals surface area (Å²) in [6.07, 6.45) is 1.07. The molecule has 0 aliphatic heterocycles. The smallest absolute Gasteiger partial charge is 0.222 e. The van der Waals surface area contributed by atoms with Crippen LogP contribution in [0.25, 0.3) is 0 Å². The first kappa shape index (κ1) is 18.3. The van der Waals surface area contributed by atoms with Crippen molar-refractivity contribution < 1.29 is 9.59 Å². The Balaban J connectivity index is 1.89. The van der Waals surface area contributed by atoms with E-state index in [9.17, 15) is 9.59 Å². The Morgan fingerprint density at radius 3 is 2.58 bits per heavy atom. The number of carbonyl (C=O) groups is 2. The third-order valence-electron chi connectivity index (χ3n) is 3.90. The van der Waals surface area contributed by atoms with Crippen LogP contribution in [-0.2, 0) is 11.2 Å². The van der Waals surface area contributed by atoms with Gasteiger partial charge in [0.1, 0.15) is 0 Å². The van der Waals surface area contributed by atoms with Crippen molar-refractivity contribution in [3.8, 4) is 0 Å². The number of ketones is 1. The fourth-order valence-corrected chi connectivity index (χ4v) is 3.63.